The number of amides is 1. The molecule has 1 saturated heterocycles. The van der Waals surface area contributed by atoms with Crippen LogP contribution in [0.25, 0.3) is 10.2 Å². The third-order valence-corrected chi connectivity index (χ3v) is 4.99. The summed E-state index contributed by atoms with van der Waals surface area (Å²) in [7, 11) is 3.62. The minimum absolute atomic E-state index is 0.0764. The number of carbonyl (C=O) groups excluding carboxylic acids is 1. The molecule has 2 heterocycles. The van der Waals surface area contributed by atoms with E-state index < -0.39 is 0 Å². The van der Waals surface area contributed by atoms with Crippen LogP contribution in [0.3, 0.4) is 0 Å². The first-order valence-electron chi connectivity index (χ1n) is 6.57. The van der Waals surface area contributed by atoms with Crippen LogP contribution in [0.5, 0.6) is 0 Å². The van der Waals surface area contributed by atoms with Crippen molar-refractivity contribution in [2.24, 2.45) is 5.92 Å². The summed E-state index contributed by atoms with van der Waals surface area (Å²) in [5.74, 6) is 0.277. The highest BCUT2D eigenvalue weighted by molar-refractivity contribution is 7.22. The molecule has 1 amide bonds. The number of aromatic nitrogens is 1. The lowest BCUT2D eigenvalue weighted by Crippen LogP contribution is -2.31. The van der Waals surface area contributed by atoms with Gasteiger partial charge < -0.3 is 9.80 Å². The van der Waals surface area contributed by atoms with Crippen molar-refractivity contribution in [2.75, 3.05) is 32.1 Å². The summed E-state index contributed by atoms with van der Waals surface area (Å²) < 4.78 is 1.09. The molecule has 0 radical (unpaired) electrons. The number of anilines is 1. The Balaban J connectivity index is 1.83. The number of benzene rings is 1. The van der Waals surface area contributed by atoms with E-state index >= 15 is 0 Å². The molecule has 20 heavy (non-hydrogen) atoms. The topological polar surface area (TPSA) is 36.4 Å². The molecular weight excluding hydrogens is 294 g/mol. The third kappa shape index (κ3) is 2.36. The Kier molecular flexibility index (Phi) is 3.56. The molecule has 6 heteroatoms. The van der Waals surface area contributed by atoms with E-state index in [4.69, 9.17) is 11.6 Å². The first-order valence-corrected chi connectivity index (χ1v) is 7.77. The van der Waals surface area contributed by atoms with E-state index in [1.807, 2.05) is 32.3 Å². The van der Waals surface area contributed by atoms with Crippen LogP contribution in [0.1, 0.15) is 6.42 Å². The second-order valence-corrected chi connectivity index (χ2v) is 6.66. The molecule has 3 rings (SSSR count). The van der Waals surface area contributed by atoms with Crippen molar-refractivity contribution in [3.8, 4) is 0 Å². The van der Waals surface area contributed by atoms with E-state index in [9.17, 15) is 4.79 Å². The van der Waals surface area contributed by atoms with Crippen molar-refractivity contribution >= 4 is 44.2 Å². The van der Waals surface area contributed by atoms with Gasteiger partial charge in [0.05, 0.1) is 15.6 Å². The molecule has 1 fully saturated rings. The molecule has 1 aromatic carbocycles. The van der Waals surface area contributed by atoms with Crippen LogP contribution >= 0.6 is 22.9 Å². The third-order valence-electron chi connectivity index (χ3n) is 3.61. The van der Waals surface area contributed by atoms with Gasteiger partial charge in [-0.2, -0.15) is 0 Å². The number of hydrogen-bond donors (Lipinski definition) is 0. The zero-order chi connectivity index (χ0) is 14.3. The predicted molar refractivity (Wildman–Crippen MR) is 83.6 cm³/mol. The molecule has 1 unspecified atom stereocenters. The number of para-hydroxylation sites is 1. The summed E-state index contributed by atoms with van der Waals surface area (Å²) in [6.07, 6.45) is 0.890. The Hall–Kier alpha value is -1.33. The summed E-state index contributed by atoms with van der Waals surface area (Å²) in [6, 6.07) is 5.83. The van der Waals surface area contributed by atoms with Crippen molar-refractivity contribution in [1.29, 1.82) is 0 Å². The minimum atomic E-state index is 0.0764. The molecule has 106 valence electrons. The Morgan fingerprint density at radius 1 is 1.50 bits per heavy atom. The van der Waals surface area contributed by atoms with Gasteiger partial charge in [0.15, 0.2) is 5.13 Å². The number of fused-ring (bicyclic) bond motifs is 1. The van der Waals surface area contributed by atoms with Gasteiger partial charge in [0.2, 0.25) is 5.91 Å². The van der Waals surface area contributed by atoms with Gasteiger partial charge >= 0.3 is 0 Å². The van der Waals surface area contributed by atoms with Crippen molar-refractivity contribution in [3.63, 3.8) is 0 Å². The van der Waals surface area contributed by atoms with Gasteiger partial charge in [0.1, 0.15) is 5.52 Å². The molecule has 1 aliphatic heterocycles. The van der Waals surface area contributed by atoms with Gasteiger partial charge in [-0.15, -0.1) is 0 Å². The van der Waals surface area contributed by atoms with Crippen molar-refractivity contribution in [1.82, 2.24) is 9.88 Å². The van der Waals surface area contributed by atoms with E-state index in [-0.39, 0.29) is 11.8 Å². The molecule has 1 atom stereocenters. The van der Waals surface area contributed by atoms with Crippen molar-refractivity contribution in [2.45, 2.75) is 6.42 Å². The molecule has 2 aromatic rings. The van der Waals surface area contributed by atoms with Crippen LogP contribution in [-0.2, 0) is 4.79 Å². The van der Waals surface area contributed by atoms with Gasteiger partial charge in [-0.25, -0.2) is 4.98 Å². The largest absolute Gasteiger partial charge is 0.349 e. The van der Waals surface area contributed by atoms with Crippen LogP contribution in [0.15, 0.2) is 18.2 Å². The quantitative estimate of drug-likeness (QED) is 0.856. The molecule has 0 spiro atoms. The standard InChI is InChI=1S/C14H16ClN3OS/c1-17(2)13(19)9-6-7-18(8-9)14-16-12-10(15)4-3-5-11(12)20-14/h3-5,9H,6-8H2,1-2H3. The maximum absolute atomic E-state index is 12.0. The fourth-order valence-electron chi connectivity index (χ4n) is 2.54. The Morgan fingerprint density at radius 2 is 2.30 bits per heavy atom. The van der Waals surface area contributed by atoms with E-state index in [2.05, 4.69) is 9.88 Å². The number of rotatable bonds is 2. The number of halogens is 1. The van der Waals surface area contributed by atoms with Crippen molar-refractivity contribution in [3.05, 3.63) is 23.2 Å². The summed E-state index contributed by atoms with van der Waals surface area (Å²) >= 11 is 7.80. The first-order chi connectivity index (χ1) is 9.56. The van der Waals surface area contributed by atoms with E-state index in [1.165, 1.54) is 0 Å². The van der Waals surface area contributed by atoms with Crippen LogP contribution in [0.2, 0.25) is 5.02 Å². The van der Waals surface area contributed by atoms with Gasteiger partial charge in [-0.3, -0.25) is 4.79 Å². The minimum Gasteiger partial charge on any atom is -0.349 e. The summed E-state index contributed by atoms with van der Waals surface area (Å²) in [5, 5.41) is 1.65. The Morgan fingerprint density at radius 3 is 3.00 bits per heavy atom. The number of hydrogen-bond acceptors (Lipinski definition) is 4. The second kappa shape index (κ2) is 5.22. The van der Waals surface area contributed by atoms with Crippen LogP contribution in [0.4, 0.5) is 5.13 Å². The smallest absolute Gasteiger partial charge is 0.227 e. The molecule has 0 aliphatic carbocycles. The predicted octanol–water partition coefficient (Wildman–Crippen LogP) is 2.86. The summed E-state index contributed by atoms with van der Waals surface area (Å²) in [4.78, 5) is 20.5. The first kappa shape index (κ1) is 13.6. The molecule has 0 N–H and O–H groups in total. The number of nitrogens with zero attached hydrogens (tertiary/aromatic N) is 3. The Bertz CT molecular complexity index is 655. The normalized spacial score (nSPS) is 18.8. The zero-order valence-electron chi connectivity index (χ0n) is 11.5. The zero-order valence-corrected chi connectivity index (χ0v) is 13.0. The van der Waals surface area contributed by atoms with Crippen LogP contribution < -0.4 is 4.90 Å². The monoisotopic (exact) mass is 309 g/mol. The van der Waals surface area contributed by atoms with Gasteiger partial charge in [-0.1, -0.05) is 29.0 Å². The molecule has 0 bridgehead atoms. The number of carbonyl (C=O) groups is 1. The lowest BCUT2D eigenvalue weighted by molar-refractivity contribution is -0.132. The highest BCUT2D eigenvalue weighted by Gasteiger charge is 2.30. The van der Waals surface area contributed by atoms with Crippen LogP contribution in [-0.4, -0.2) is 43.0 Å². The second-order valence-electron chi connectivity index (χ2n) is 5.25. The maximum Gasteiger partial charge on any atom is 0.227 e. The van der Waals surface area contributed by atoms with Crippen molar-refractivity contribution < 1.29 is 4.79 Å². The lowest BCUT2D eigenvalue weighted by Gasteiger charge is -2.17. The number of thiazole rings is 1. The summed E-state index contributed by atoms with van der Waals surface area (Å²) in [5.41, 5.74) is 0.858. The molecule has 1 aliphatic rings. The highest BCUT2D eigenvalue weighted by Crippen LogP contribution is 2.35. The molecule has 0 saturated carbocycles. The molecular formula is C14H16ClN3OS. The Labute approximate surface area is 127 Å². The summed E-state index contributed by atoms with van der Waals surface area (Å²) in [6.45, 7) is 1.62. The van der Waals surface area contributed by atoms with Gasteiger partial charge in [-0.05, 0) is 18.6 Å². The average molecular weight is 310 g/mol. The fraction of sp³-hybridized carbons (Fsp3) is 0.429. The van der Waals surface area contributed by atoms with Gasteiger partial charge in [0, 0.05) is 27.2 Å². The SMILES string of the molecule is CN(C)C(=O)C1CCN(c2nc3c(Cl)cccc3s2)C1. The van der Waals surface area contributed by atoms with E-state index in [0.29, 0.717) is 5.02 Å². The maximum atomic E-state index is 12.0. The lowest BCUT2D eigenvalue weighted by atomic mass is 10.1. The molecule has 4 nitrogen and oxygen atoms in total. The highest BCUT2D eigenvalue weighted by atomic mass is 35.5. The average Bonchev–Trinajstić information content (AvgIpc) is 3.04. The van der Waals surface area contributed by atoms with E-state index in [0.717, 1.165) is 34.9 Å². The fourth-order valence-corrected chi connectivity index (χ4v) is 3.84. The van der Waals surface area contributed by atoms with Crippen LogP contribution in [0, 0.1) is 5.92 Å². The molecule has 1 aromatic heterocycles. The van der Waals surface area contributed by atoms with E-state index in [1.54, 1.807) is 16.2 Å². The van der Waals surface area contributed by atoms with Gasteiger partial charge in [0.25, 0.3) is 0 Å².